The zero-order valence-corrected chi connectivity index (χ0v) is 20.2. The van der Waals surface area contributed by atoms with Crippen molar-refractivity contribution in [1.82, 2.24) is 24.6 Å². The molecule has 0 saturated carbocycles. The van der Waals surface area contributed by atoms with Gasteiger partial charge in [0.25, 0.3) is 0 Å². The second kappa shape index (κ2) is 9.34. The van der Waals surface area contributed by atoms with Crippen LogP contribution in [0.4, 0.5) is 10.5 Å². The number of benzene rings is 2. The van der Waals surface area contributed by atoms with Crippen molar-refractivity contribution in [1.29, 1.82) is 0 Å². The van der Waals surface area contributed by atoms with Crippen LogP contribution in [-0.4, -0.2) is 63.1 Å². The molecular formula is C26H28N6O3. The van der Waals surface area contributed by atoms with Gasteiger partial charge in [0.1, 0.15) is 17.8 Å². The van der Waals surface area contributed by atoms with Crippen LogP contribution < -0.4 is 10.1 Å². The number of carbonyl (C=O) groups excluding carboxylic acids is 1. The molecule has 0 spiro atoms. The smallest absolute Gasteiger partial charge is 0.322 e. The highest BCUT2D eigenvalue weighted by molar-refractivity contribution is 6.01. The Balaban J connectivity index is 1.59. The second-order valence-corrected chi connectivity index (χ2v) is 8.80. The van der Waals surface area contributed by atoms with E-state index in [1.54, 1.807) is 16.7 Å². The van der Waals surface area contributed by atoms with E-state index in [1.165, 1.54) is 6.33 Å². The van der Waals surface area contributed by atoms with E-state index in [9.17, 15) is 4.79 Å². The molecule has 180 valence electrons. The molecule has 1 saturated heterocycles. The van der Waals surface area contributed by atoms with E-state index < -0.39 is 0 Å². The molecule has 0 radical (unpaired) electrons. The van der Waals surface area contributed by atoms with Crippen molar-refractivity contribution in [3.8, 4) is 28.3 Å². The third-order valence-electron chi connectivity index (χ3n) is 6.20. The molecule has 2 atom stereocenters. The highest BCUT2D eigenvalue weighted by Gasteiger charge is 2.28. The minimum Gasteiger partial charge on any atom is -0.494 e. The Hall–Kier alpha value is -3.98. The molecule has 1 fully saturated rings. The highest BCUT2D eigenvalue weighted by Crippen LogP contribution is 2.37. The number of hydrogen-bond donors (Lipinski definition) is 1. The first kappa shape index (κ1) is 22.8. The zero-order valence-electron chi connectivity index (χ0n) is 20.2. The molecule has 2 amide bonds. The fraction of sp³-hybridized carbons (Fsp3) is 0.308. The highest BCUT2D eigenvalue weighted by atomic mass is 16.5. The van der Waals surface area contributed by atoms with E-state index in [-0.39, 0.29) is 18.2 Å². The van der Waals surface area contributed by atoms with Gasteiger partial charge in [-0.05, 0) is 19.9 Å². The molecule has 0 aliphatic carbocycles. The van der Waals surface area contributed by atoms with Crippen LogP contribution in [0.15, 0.2) is 55.0 Å². The Bertz CT molecular complexity index is 1370. The largest absolute Gasteiger partial charge is 0.494 e. The maximum absolute atomic E-state index is 13.2. The molecule has 3 heterocycles. The van der Waals surface area contributed by atoms with E-state index in [0.29, 0.717) is 30.1 Å². The number of rotatable bonds is 4. The van der Waals surface area contributed by atoms with Crippen LogP contribution in [0, 0.1) is 0 Å². The Morgan fingerprint density at radius 2 is 1.94 bits per heavy atom. The second-order valence-electron chi connectivity index (χ2n) is 8.80. The first-order valence-electron chi connectivity index (χ1n) is 11.6. The standard InChI is InChI=1S/C26H28N6O3/c1-16-14-35-17(2)12-32(16)26(33)29-22-10-19-21(11-23(22)34-4)27-15-28-25(19)20-13-31(3)30-24(20)18-8-6-5-7-9-18/h5-11,13,15-17H,12,14H2,1-4H3,(H,29,33)/t16-,17+/m0/s1. The van der Waals surface area contributed by atoms with Crippen LogP contribution in [0.2, 0.25) is 0 Å². The maximum atomic E-state index is 13.2. The fourth-order valence-electron chi connectivity index (χ4n) is 4.41. The average molecular weight is 473 g/mol. The number of aryl methyl sites for hydroxylation is 1. The molecule has 0 bridgehead atoms. The summed E-state index contributed by atoms with van der Waals surface area (Å²) in [5.74, 6) is 0.527. The molecule has 1 aliphatic heterocycles. The summed E-state index contributed by atoms with van der Waals surface area (Å²) >= 11 is 0. The predicted molar refractivity (Wildman–Crippen MR) is 134 cm³/mol. The summed E-state index contributed by atoms with van der Waals surface area (Å²) in [4.78, 5) is 24.0. The molecule has 5 rings (SSSR count). The molecule has 2 aromatic heterocycles. The Kier molecular flexibility index (Phi) is 6.08. The predicted octanol–water partition coefficient (Wildman–Crippen LogP) is 4.35. The molecule has 2 aromatic carbocycles. The number of methoxy groups -OCH3 is 1. The van der Waals surface area contributed by atoms with Crippen LogP contribution >= 0.6 is 0 Å². The molecule has 0 unspecified atom stereocenters. The number of urea groups is 1. The summed E-state index contributed by atoms with van der Waals surface area (Å²) < 4.78 is 13.0. The van der Waals surface area contributed by atoms with Gasteiger partial charge in [-0.1, -0.05) is 30.3 Å². The number of fused-ring (bicyclic) bond motifs is 1. The van der Waals surface area contributed by atoms with Gasteiger partial charge in [-0.3, -0.25) is 4.68 Å². The number of aromatic nitrogens is 4. The van der Waals surface area contributed by atoms with Crippen LogP contribution in [0.1, 0.15) is 13.8 Å². The van der Waals surface area contributed by atoms with E-state index in [4.69, 9.17) is 9.47 Å². The average Bonchev–Trinajstić information content (AvgIpc) is 3.26. The van der Waals surface area contributed by atoms with Gasteiger partial charge >= 0.3 is 6.03 Å². The quantitative estimate of drug-likeness (QED) is 0.475. The van der Waals surface area contributed by atoms with Crippen LogP contribution in [-0.2, 0) is 11.8 Å². The normalized spacial score (nSPS) is 18.0. The van der Waals surface area contributed by atoms with Gasteiger partial charge in [0.05, 0.1) is 42.8 Å². The number of amides is 2. The molecule has 1 N–H and O–H groups in total. The van der Waals surface area contributed by atoms with Gasteiger partial charge in [0, 0.05) is 42.4 Å². The number of hydrogen-bond acceptors (Lipinski definition) is 6. The van der Waals surface area contributed by atoms with E-state index >= 15 is 0 Å². The van der Waals surface area contributed by atoms with E-state index in [0.717, 1.165) is 27.9 Å². The first-order chi connectivity index (χ1) is 16.9. The minimum absolute atomic E-state index is 0.0163. The monoisotopic (exact) mass is 472 g/mol. The summed E-state index contributed by atoms with van der Waals surface area (Å²) in [7, 11) is 3.46. The van der Waals surface area contributed by atoms with E-state index in [1.807, 2.05) is 69.6 Å². The Morgan fingerprint density at radius 3 is 2.71 bits per heavy atom. The Labute approximate surface area is 203 Å². The van der Waals surface area contributed by atoms with Crippen molar-refractivity contribution >= 4 is 22.6 Å². The van der Waals surface area contributed by atoms with Crippen LogP contribution in [0.5, 0.6) is 5.75 Å². The number of nitrogens with one attached hydrogen (secondary N) is 1. The minimum atomic E-state index is -0.199. The van der Waals surface area contributed by atoms with Gasteiger partial charge in [-0.15, -0.1) is 0 Å². The van der Waals surface area contributed by atoms with Gasteiger partial charge in [0.15, 0.2) is 0 Å². The van der Waals surface area contributed by atoms with Crippen molar-refractivity contribution < 1.29 is 14.3 Å². The van der Waals surface area contributed by atoms with Crippen molar-refractivity contribution in [2.75, 3.05) is 25.6 Å². The third-order valence-corrected chi connectivity index (χ3v) is 6.20. The molecule has 4 aromatic rings. The number of ether oxygens (including phenoxy) is 2. The molecule has 35 heavy (non-hydrogen) atoms. The number of anilines is 1. The fourth-order valence-corrected chi connectivity index (χ4v) is 4.41. The van der Waals surface area contributed by atoms with Crippen molar-refractivity contribution in [3.05, 3.63) is 55.0 Å². The summed E-state index contributed by atoms with van der Waals surface area (Å²) in [6.07, 6.45) is 3.47. The maximum Gasteiger partial charge on any atom is 0.322 e. The molecule has 9 nitrogen and oxygen atoms in total. The lowest BCUT2D eigenvalue weighted by Gasteiger charge is -2.36. The van der Waals surface area contributed by atoms with Gasteiger partial charge in [-0.25, -0.2) is 14.8 Å². The SMILES string of the molecule is COc1cc2ncnc(-c3cn(C)nc3-c3ccccc3)c2cc1NC(=O)N1C[C@@H](C)OC[C@@H]1C. The number of nitrogens with zero attached hydrogens (tertiary/aromatic N) is 5. The zero-order chi connectivity index (χ0) is 24.5. The van der Waals surface area contributed by atoms with Gasteiger partial charge < -0.3 is 19.7 Å². The summed E-state index contributed by atoms with van der Waals surface area (Å²) in [5.41, 5.74) is 4.69. The van der Waals surface area contributed by atoms with Crippen molar-refractivity contribution in [3.63, 3.8) is 0 Å². The topological polar surface area (TPSA) is 94.4 Å². The Morgan fingerprint density at radius 1 is 1.14 bits per heavy atom. The summed E-state index contributed by atoms with van der Waals surface area (Å²) in [5, 5.41) is 8.51. The van der Waals surface area contributed by atoms with Crippen LogP contribution in [0.3, 0.4) is 0 Å². The summed E-state index contributed by atoms with van der Waals surface area (Å²) in [6, 6.07) is 13.5. The molecule has 9 heteroatoms. The first-order valence-corrected chi connectivity index (χ1v) is 11.6. The lowest BCUT2D eigenvalue weighted by molar-refractivity contribution is -0.0296. The lowest BCUT2D eigenvalue weighted by Crippen LogP contribution is -2.51. The van der Waals surface area contributed by atoms with Crippen molar-refractivity contribution in [2.45, 2.75) is 26.0 Å². The number of carbonyl (C=O) groups is 1. The van der Waals surface area contributed by atoms with Gasteiger partial charge in [0.2, 0.25) is 0 Å². The van der Waals surface area contributed by atoms with Crippen LogP contribution in [0.25, 0.3) is 33.4 Å². The third kappa shape index (κ3) is 4.42. The van der Waals surface area contributed by atoms with E-state index in [2.05, 4.69) is 20.4 Å². The lowest BCUT2D eigenvalue weighted by atomic mass is 10.0. The van der Waals surface area contributed by atoms with Gasteiger partial charge in [-0.2, -0.15) is 5.10 Å². The molecule has 1 aliphatic rings. The summed E-state index contributed by atoms with van der Waals surface area (Å²) in [6.45, 7) is 4.96. The molecular weight excluding hydrogens is 444 g/mol. The van der Waals surface area contributed by atoms with Crippen molar-refractivity contribution in [2.24, 2.45) is 7.05 Å². The number of morpholine rings is 1.